The lowest BCUT2D eigenvalue weighted by Crippen LogP contribution is -2.39. The topological polar surface area (TPSA) is 45.7 Å². The highest BCUT2D eigenvalue weighted by Gasteiger charge is 2.22. The van der Waals surface area contributed by atoms with Crippen LogP contribution in [-0.2, 0) is 4.74 Å². The summed E-state index contributed by atoms with van der Waals surface area (Å²) in [4.78, 5) is 22.2. The van der Waals surface area contributed by atoms with E-state index in [-0.39, 0.29) is 5.91 Å². The highest BCUT2D eigenvalue weighted by Crippen LogP contribution is 2.33. The number of rotatable bonds is 6. The number of aromatic nitrogens is 1. The molecular formula is C21H21BrClN3O2S. The zero-order chi connectivity index (χ0) is 20.2. The van der Waals surface area contributed by atoms with Crippen LogP contribution in [0.3, 0.4) is 0 Å². The molecule has 29 heavy (non-hydrogen) atoms. The Morgan fingerprint density at radius 2 is 1.97 bits per heavy atom. The lowest BCUT2D eigenvalue weighted by molar-refractivity contribution is 0.0376. The quantitative estimate of drug-likeness (QED) is 0.479. The van der Waals surface area contributed by atoms with Crippen molar-refractivity contribution in [2.45, 2.75) is 6.42 Å². The van der Waals surface area contributed by atoms with Crippen LogP contribution in [0.15, 0.2) is 46.9 Å². The molecule has 5 nitrogen and oxygen atoms in total. The normalized spacial score (nSPS) is 15.0. The summed E-state index contributed by atoms with van der Waals surface area (Å²) >= 11 is 11.2. The van der Waals surface area contributed by atoms with Gasteiger partial charge in [-0.3, -0.25) is 14.6 Å². The van der Waals surface area contributed by atoms with E-state index in [1.165, 1.54) is 11.3 Å². The van der Waals surface area contributed by atoms with Crippen molar-refractivity contribution in [3.63, 3.8) is 0 Å². The number of morpholine rings is 1. The number of hydrogen-bond acceptors (Lipinski definition) is 5. The molecule has 2 heterocycles. The second-order valence-corrected chi connectivity index (χ2v) is 9.19. The Morgan fingerprint density at radius 3 is 2.69 bits per heavy atom. The van der Waals surface area contributed by atoms with Gasteiger partial charge in [0.1, 0.15) is 5.52 Å². The van der Waals surface area contributed by atoms with E-state index in [2.05, 4.69) is 20.8 Å². The molecule has 8 heteroatoms. The van der Waals surface area contributed by atoms with E-state index >= 15 is 0 Å². The Balaban J connectivity index is 1.57. The number of anilines is 1. The molecule has 4 rings (SSSR count). The third-order valence-corrected chi connectivity index (χ3v) is 6.76. The molecule has 0 radical (unpaired) electrons. The average Bonchev–Trinajstić information content (AvgIpc) is 3.17. The summed E-state index contributed by atoms with van der Waals surface area (Å²) in [6.07, 6.45) is 0.867. The van der Waals surface area contributed by atoms with Gasteiger partial charge in [-0.05, 0) is 42.8 Å². The van der Waals surface area contributed by atoms with Gasteiger partial charge in [-0.2, -0.15) is 0 Å². The fourth-order valence-electron chi connectivity index (χ4n) is 3.33. The van der Waals surface area contributed by atoms with Crippen LogP contribution in [0, 0.1) is 0 Å². The van der Waals surface area contributed by atoms with Crippen LogP contribution in [0.2, 0.25) is 5.02 Å². The van der Waals surface area contributed by atoms with Gasteiger partial charge in [-0.1, -0.05) is 44.9 Å². The number of hydrogen-bond donors (Lipinski definition) is 0. The molecule has 1 aromatic heterocycles. The summed E-state index contributed by atoms with van der Waals surface area (Å²) in [6, 6.07) is 13.2. The standard InChI is InChI=1S/C21H21BrClN3O2S/c22-16-7-5-15(6-8-16)20(27)26(10-2-9-25-11-13-28-14-12-25)21-24-19-17(23)3-1-4-18(19)29-21/h1,3-8H,2,9-14H2. The number of halogens is 2. The van der Waals surface area contributed by atoms with Gasteiger partial charge in [0.05, 0.1) is 22.9 Å². The maximum Gasteiger partial charge on any atom is 0.260 e. The Kier molecular flexibility index (Phi) is 6.82. The first-order chi connectivity index (χ1) is 14.1. The van der Waals surface area contributed by atoms with Crippen LogP contribution in [0.4, 0.5) is 5.13 Å². The molecule has 0 spiro atoms. The summed E-state index contributed by atoms with van der Waals surface area (Å²) < 4.78 is 7.34. The van der Waals surface area contributed by atoms with Crippen molar-refractivity contribution in [1.29, 1.82) is 0 Å². The second kappa shape index (κ2) is 9.53. The Hall–Kier alpha value is -1.51. The zero-order valence-corrected chi connectivity index (χ0v) is 19.0. The van der Waals surface area contributed by atoms with Crippen molar-refractivity contribution in [1.82, 2.24) is 9.88 Å². The van der Waals surface area contributed by atoms with Gasteiger partial charge in [0, 0.05) is 36.2 Å². The van der Waals surface area contributed by atoms with E-state index in [9.17, 15) is 4.79 Å². The van der Waals surface area contributed by atoms with Crippen LogP contribution < -0.4 is 4.90 Å². The van der Waals surface area contributed by atoms with Crippen LogP contribution in [0.25, 0.3) is 10.2 Å². The molecule has 2 aromatic carbocycles. The SMILES string of the molecule is O=C(c1ccc(Br)cc1)N(CCCN1CCOCC1)c1nc2c(Cl)cccc2s1. The minimum absolute atomic E-state index is 0.0466. The van der Waals surface area contributed by atoms with E-state index in [0.717, 1.165) is 54.0 Å². The van der Waals surface area contributed by atoms with Crippen molar-refractivity contribution in [3.8, 4) is 0 Å². The lowest BCUT2D eigenvalue weighted by Gasteiger charge is -2.27. The summed E-state index contributed by atoms with van der Waals surface area (Å²) in [7, 11) is 0. The maximum absolute atomic E-state index is 13.3. The molecule has 1 fully saturated rings. The molecule has 0 bridgehead atoms. The van der Waals surface area contributed by atoms with Crippen molar-refractivity contribution in [3.05, 3.63) is 57.5 Å². The second-order valence-electron chi connectivity index (χ2n) is 6.85. The van der Waals surface area contributed by atoms with Crippen LogP contribution in [0.1, 0.15) is 16.8 Å². The molecule has 152 valence electrons. The van der Waals surface area contributed by atoms with E-state index < -0.39 is 0 Å². The molecule has 1 saturated heterocycles. The molecule has 0 aliphatic carbocycles. The number of thiazole rings is 1. The number of carbonyl (C=O) groups excluding carboxylic acids is 1. The summed E-state index contributed by atoms with van der Waals surface area (Å²) in [6.45, 7) is 4.97. The van der Waals surface area contributed by atoms with Crippen LogP contribution >= 0.6 is 38.9 Å². The highest BCUT2D eigenvalue weighted by molar-refractivity contribution is 9.10. The smallest absolute Gasteiger partial charge is 0.260 e. The third-order valence-electron chi connectivity index (χ3n) is 4.89. The fourth-order valence-corrected chi connectivity index (χ4v) is 4.88. The molecule has 0 unspecified atom stereocenters. The van der Waals surface area contributed by atoms with Crippen molar-refractivity contribution < 1.29 is 9.53 Å². The lowest BCUT2D eigenvalue weighted by atomic mass is 10.2. The largest absolute Gasteiger partial charge is 0.379 e. The Bertz CT molecular complexity index is 989. The van der Waals surface area contributed by atoms with Gasteiger partial charge in [-0.25, -0.2) is 4.98 Å². The minimum atomic E-state index is -0.0466. The highest BCUT2D eigenvalue weighted by atomic mass is 79.9. The predicted octanol–water partition coefficient (Wildman–Crippen LogP) is 5.08. The number of fused-ring (bicyclic) bond motifs is 1. The molecular weight excluding hydrogens is 474 g/mol. The predicted molar refractivity (Wildman–Crippen MR) is 122 cm³/mol. The van der Waals surface area contributed by atoms with Gasteiger partial charge in [-0.15, -0.1) is 0 Å². The number of nitrogens with zero attached hydrogens (tertiary/aromatic N) is 3. The van der Waals surface area contributed by atoms with Crippen LogP contribution in [0.5, 0.6) is 0 Å². The third kappa shape index (κ3) is 4.98. The van der Waals surface area contributed by atoms with Gasteiger partial charge >= 0.3 is 0 Å². The summed E-state index contributed by atoms with van der Waals surface area (Å²) in [5.41, 5.74) is 1.39. The number of ether oxygens (including phenoxy) is 1. The Labute approximate surface area is 187 Å². The Morgan fingerprint density at radius 1 is 1.21 bits per heavy atom. The number of benzene rings is 2. The van der Waals surface area contributed by atoms with E-state index in [1.807, 2.05) is 42.5 Å². The van der Waals surface area contributed by atoms with Crippen LogP contribution in [-0.4, -0.2) is 55.2 Å². The first-order valence-electron chi connectivity index (χ1n) is 9.54. The monoisotopic (exact) mass is 493 g/mol. The molecule has 0 atom stereocenters. The number of para-hydroxylation sites is 1. The molecule has 0 saturated carbocycles. The van der Waals surface area contributed by atoms with Crippen molar-refractivity contribution in [2.24, 2.45) is 0 Å². The van der Waals surface area contributed by atoms with Gasteiger partial charge in [0.2, 0.25) is 0 Å². The summed E-state index contributed by atoms with van der Waals surface area (Å²) in [5.74, 6) is -0.0466. The van der Waals surface area contributed by atoms with E-state index in [0.29, 0.717) is 22.3 Å². The minimum Gasteiger partial charge on any atom is -0.379 e. The summed E-state index contributed by atoms with van der Waals surface area (Å²) in [5, 5.41) is 1.29. The van der Waals surface area contributed by atoms with Crippen molar-refractivity contribution in [2.75, 3.05) is 44.3 Å². The fraction of sp³-hybridized carbons (Fsp3) is 0.333. The van der Waals surface area contributed by atoms with Gasteiger partial charge in [0.15, 0.2) is 5.13 Å². The van der Waals surface area contributed by atoms with E-state index in [1.54, 1.807) is 4.90 Å². The van der Waals surface area contributed by atoms with Crippen molar-refractivity contribution >= 4 is 60.1 Å². The molecule has 1 amide bonds. The number of amides is 1. The van der Waals surface area contributed by atoms with Gasteiger partial charge < -0.3 is 4.74 Å². The molecule has 1 aliphatic rings. The zero-order valence-electron chi connectivity index (χ0n) is 15.8. The molecule has 1 aliphatic heterocycles. The maximum atomic E-state index is 13.3. The first kappa shape index (κ1) is 20.8. The molecule has 3 aromatic rings. The molecule has 0 N–H and O–H groups in total. The van der Waals surface area contributed by atoms with Gasteiger partial charge in [0.25, 0.3) is 5.91 Å². The number of carbonyl (C=O) groups is 1. The van der Waals surface area contributed by atoms with E-state index in [4.69, 9.17) is 21.3 Å². The average molecular weight is 495 g/mol. The first-order valence-corrected chi connectivity index (χ1v) is 11.5.